The second kappa shape index (κ2) is 8.49. The van der Waals surface area contributed by atoms with Gasteiger partial charge in [0.2, 0.25) is 5.91 Å². The molecule has 0 fully saturated rings. The van der Waals surface area contributed by atoms with E-state index in [1.807, 2.05) is 27.7 Å². The van der Waals surface area contributed by atoms with Crippen molar-refractivity contribution in [3.63, 3.8) is 0 Å². The Balaban J connectivity index is 2.63. The van der Waals surface area contributed by atoms with Crippen molar-refractivity contribution in [1.29, 1.82) is 0 Å². The zero-order chi connectivity index (χ0) is 15.8. The van der Waals surface area contributed by atoms with E-state index in [-0.39, 0.29) is 23.9 Å². The summed E-state index contributed by atoms with van der Waals surface area (Å²) in [6.07, 6.45) is 4.98. The van der Waals surface area contributed by atoms with Gasteiger partial charge in [-0.25, -0.2) is 0 Å². The lowest BCUT2D eigenvalue weighted by atomic mass is 10.1. The van der Waals surface area contributed by atoms with E-state index < -0.39 is 0 Å². The molecule has 0 saturated carbocycles. The number of furan rings is 1. The Hall–Kier alpha value is -1.78. The van der Waals surface area contributed by atoms with Crippen molar-refractivity contribution in [3.8, 4) is 0 Å². The first kappa shape index (κ1) is 17.3. The molecular weight excluding hydrogens is 268 g/mol. The molecule has 0 aliphatic rings. The molecule has 0 spiro atoms. The molecule has 5 heteroatoms. The van der Waals surface area contributed by atoms with Gasteiger partial charge in [0.25, 0.3) is 5.91 Å². The van der Waals surface area contributed by atoms with Crippen LogP contribution in [0, 0.1) is 0 Å². The lowest BCUT2D eigenvalue weighted by Crippen LogP contribution is -2.41. The monoisotopic (exact) mass is 294 g/mol. The van der Waals surface area contributed by atoms with Crippen LogP contribution in [-0.4, -0.2) is 35.3 Å². The highest BCUT2D eigenvalue weighted by atomic mass is 16.3. The van der Waals surface area contributed by atoms with Crippen LogP contribution < -0.4 is 5.32 Å². The Bertz CT molecular complexity index is 442. The first-order valence-electron chi connectivity index (χ1n) is 7.62. The van der Waals surface area contributed by atoms with Gasteiger partial charge in [0.05, 0.1) is 11.8 Å². The highest BCUT2D eigenvalue weighted by Crippen LogP contribution is 2.12. The Kier molecular flexibility index (Phi) is 6.99. The van der Waals surface area contributed by atoms with Gasteiger partial charge in [-0.15, -0.1) is 0 Å². The fourth-order valence-corrected chi connectivity index (χ4v) is 1.97. The normalized spacial score (nSPS) is 13.5. The average Bonchev–Trinajstić information content (AvgIpc) is 3.00. The summed E-state index contributed by atoms with van der Waals surface area (Å²) in [6, 6.07) is 1.90. The number of nitrogens with zero attached hydrogens (tertiary/aromatic N) is 1. The third-order valence-electron chi connectivity index (χ3n) is 3.75. The molecule has 5 nitrogen and oxygen atoms in total. The summed E-state index contributed by atoms with van der Waals surface area (Å²) in [5.41, 5.74) is 0.526. The Morgan fingerprint density at radius 1 is 1.29 bits per heavy atom. The molecule has 2 amide bonds. The number of hydrogen-bond donors (Lipinski definition) is 1. The Morgan fingerprint density at radius 2 is 2.00 bits per heavy atom. The topological polar surface area (TPSA) is 62.6 Å². The van der Waals surface area contributed by atoms with Crippen LogP contribution in [-0.2, 0) is 4.79 Å². The predicted octanol–water partition coefficient (Wildman–Crippen LogP) is 2.83. The maximum absolute atomic E-state index is 12.4. The van der Waals surface area contributed by atoms with Gasteiger partial charge in [0.15, 0.2) is 0 Å². The van der Waals surface area contributed by atoms with Crippen molar-refractivity contribution in [2.45, 2.75) is 59.0 Å². The molecule has 0 saturated heterocycles. The lowest BCUT2D eigenvalue weighted by molar-refractivity contribution is -0.121. The number of carbonyl (C=O) groups excluding carboxylic acids is 2. The first-order chi connectivity index (χ1) is 9.99. The predicted molar refractivity (Wildman–Crippen MR) is 82.0 cm³/mol. The molecule has 0 unspecified atom stereocenters. The van der Waals surface area contributed by atoms with Gasteiger partial charge in [-0.3, -0.25) is 9.59 Å². The number of carbonyl (C=O) groups is 2. The fourth-order valence-electron chi connectivity index (χ4n) is 1.97. The maximum atomic E-state index is 12.4. The van der Waals surface area contributed by atoms with E-state index in [4.69, 9.17) is 4.42 Å². The van der Waals surface area contributed by atoms with E-state index in [9.17, 15) is 9.59 Å². The van der Waals surface area contributed by atoms with Crippen LogP contribution in [0.15, 0.2) is 23.0 Å². The minimum atomic E-state index is -0.0885. The van der Waals surface area contributed by atoms with Gasteiger partial charge in [0.1, 0.15) is 6.26 Å². The number of hydrogen-bond acceptors (Lipinski definition) is 3. The molecule has 0 aliphatic carbocycles. The summed E-state index contributed by atoms with van der Waals surface area (Å²) in [6.45, 7) is 8.44. The molecule has 0 radical (unpaired) electrons. The van der Waals surface area contributed by atoms with E-state index in [0.717, 1.165) is 12.8 Å². The summed E-state index contributed by atoms with van der Waals surface area (Å²) in [7, 11) is 0. The molecule has 118 valence electrons. The standard InChI is InChI=1S/C16H26N2O3/c1-5-12(3)17-15(19)7-9-18(13(4)6-2)16(20)14-8-10-21-11-14/h8,10-13H,5-7,9H2,1-4H3,(H,17,19)/t12-,13-/m0/s1. The summed E-state index contributed by atoms with van der Waals surface area (Å²) in [5, 5.41) is 2.92. The van der Waals surface area contributed by atoms with Gasteiger partial charge in [0, 0.05) is 25.0 Å². The van der Waals surface area contributed by atoms with E-state index in [1.54, 1.807) is 11.0 Å². The van der Waals surface area contributed by atoms with E-state index in [0.29, 0.717) is 18.5 Å². The smallest absolute Gasteiger partial charge is 0.257 e. The van der Waals surface area contributed by atoms with Crippen molar-refractivity contribution in [3.05, 3.63) is 24.2 Å². The van der Waals surface area contributed by atoms with Gasteiger partial charge in [-0.2, -0.15) is 0 Å². The lowest BCUT2D eigenvalue weighted by Gasteiger charge is -2.28. The van der Waals surface area contributed by atoms with Gasteiger partial charge in [-0.1, -0.05) is 13.8 Å². The number of amides is 2. The molecule has 1 N–H and O–H groups in total. The number of nitrogens with one attached hydrogen (secondary N) is 1. The molecule has 2 atom stereocenters. The highest BCUT2D eigenvalue weighted by Gasteiger charge is 2.22. The van der Waals surface area contributed by atoms with Crippen molar-refractivity contribution < 1.29 is 14.0 Å². The van der Waals surface area contributed by atoms with Crippen LogP contribution >= 0.6 is 0 Å². The fraction of sp³-hybridized carbons (Fsp3) is 0.625. The molecule has 0 bridgehead atoms. The van der Waals surface area contributed by atoms with Crippen LogP contribution in [0.25, 0.3) is 0 Å². The summed E-state index contributed by atoms with van der Waals surface area (Å²) < 4.78 is 4.97. The van der Waals surface area contributed by atoms with Crippen LogP contribution in [0.2, 0.25) is 0 Å². The minimum absolute atomic E-state index is 0.0161. The Labute approximate surface area is 126 Å². The second-order valence-electron chi connectivity index (χ2n) is 5.39. The largest absolute Gasteiger partial charge is 0.472 e. The zero-order valence-corrected chi connectivity index (χ0v) is 13.4. The van der Waals surface area contributed by atoms with Gasteiger partial charge >= 0.3 is 0 Å². The minimum Gasteiger partial charge on any atom is -0.472 e. The summed E-state index contributed by atoms with van der Waals surface area (Å²) in [4.78, 5) is 26.0. The first-order valence-corrected chi connectivity index (χ1v) is 7.62. The van der Waals surface area contributed by atoms with E-state index in [2.05, 4.69) is 5.32 Å². The molecule has 1 rings (SSSR count). The van der Waals surface area contributed by atoms with Crippen LogP contribution in [0.5, 0.6) is 0 Å². The molecular formula is C16H26N2O3. The number of rotatable bonds is 8. The summed E-state index contributed by atoms with van der Waals surface area (Å²) >= 11 is 0. The maximum Gasteiger partial charge on any atom is 0.257 e. The Morgan fingerprint density at radius 3 is 2.52 bits per heavy atom. The second-order valence-corrected chi connectivity index (χ2v) is 5.39. The molecule has 21 heavy (non-hydrogen) atoms. The summed E-state index contributed by atoms with van der Waals surface area (Å²) in [5.74, 6) is -0.105. The quantitative estimate of drug-likeness (QED) is 0.802. The zero-order valence-electron chi connectivity index (χ0n) is 13.4. The van der Waals surface area contributed by atoms with Crippen molar-refractivity contribution >= 4 is 11.8 Å². The molecule has 0 aromatic carbocycles. The highest BCUT2D eigenvalue weighted by molar-refractivity contribution is 5.94. The van der Waals surface area contributed by atoms with Crippen LogP contribution in [0.1, 0.15) is 57.3 Å². The molecule has 1 aromatic heterocycles. The molecule has 1 heterocycles. The third kappa shape index (κ3) is 5.25. The SMILES string of the molecule is CC[C@H](C)NC(=O)CCN(C(=O)c1ccoc1)[C@@H](C)CC. The molecule has 1 aromatic rings. The van der Waals surface area contributed by atoms with Crippen LogP contribution in [0.3, 0.4) is 0 Å². The third-order valence-corrected chi connectivity index (χ3v) is 3.75. The van der Waals surface area contributed by atoms with E-state index in [1.165, 1.54) is 12.5 Å². The van der Waals surface area contributed by atoms with Crippen molar-refractivity contribution in [2.24, 2.45) is 0 Å². The van der Waals surface area contributed by atoms with Crippen molar-refractivity contribution in [2.75, 3.05) is 6.54 Å². The van der Waals surface area contributed by atoms with Gasteiger partial charge < -0.3 is 14.6 Å². The molecule has 0 aliphatic heterocycles. The van der Waals surface area contributed by atoms with Crippen LogP contribution in [0.4, 0.5) is 0 Å². The van der Waals surface area contributed by atoms with E-state index >= 15 is 0 Å². The van der Waals surface area contributed by atoms with Gasteiger partial charge in [-0.05, 0) is 32.8 Å². The van der Waals surface area contributed by atoms with Crippen molar-refractivity contribution in [1.82, 2.24) is 10.2 Å². The average molecular weight is 294 g/mol.